The van der Waals surface area contributed by atoms with Gasteiger partial charge in [-0.15, -0.1) is 0 Å². The van der Waals surface area contributed by atoms with E-state index in [-0.39, 0.29) is 28.8 Å². The zero-order valence-electron chi connectivity index (χ0n) is 14.0. The minimum atomic E-state index is -1.13. The van der Waals surface area contributed by atoms with Crippen LogP contribution in [0.5, 0.6) is 0 Å². The van der Waals surface area contributed by atoms with Crippen molar-refractivity contribution >= 4 is 17.8 Å². The Balaban J connectivity index is 1.76. The number of hydrogen-bond donors (Lipinski definition) is 3. The Morgan fingerprint density at radius 2 is 1.84 bits per heavy atom. The molecule has 0 atom stereocenters. The van der Waals surface area contributed by atoms with Gasteiger partial charge in [0.2, 0.25) is 0 Å². The normalized spacial score (nSPS) is 10.5. The molecule has 0 unspecified atom stereocenters. The number of amides is 2. The van der Waals surface area contributed by atoms with Gasteiger partial charge in [0.05, 0.1) is 6.26 Å². The third kappa shape index (κ3) is 4.50. The number of carbonyl (C=O) groups is 3. The summed E-state index contributed by atoms with van der Waals surface area (Å²) in [5, 5.41) is 14.4. The maximum absolute atomic E-state index is 12.0. The summed E-state index contributed by atoms with van der Waals surface area (Å²) < 4.78 is 10.3. The lowest BCUT2D eigenvalue weighted by molar-refractivity contribution is 0.0693. The van der Waals surface area contributed by atoms with E-state index in [2.05, 4.69) is 10.6 Å². The van der Waals surface area contributed by atoms with Crippen molar-refractivity contribution in [1.82, 2.24) is 10.6 Å². The van der Waals surface area contributed by atoms with Gasteiger partial charge in [-0.05, 0) is 19.4 Å². The lowest BCUT2D eigenvalue weighted by atomic mass is 10.2. The molecule has 0 aliphatic rings. The van der Waals surface area contributed by atoms with Crippen LogP contribution >= 0.6 is 0 Å². The molecule has 0 saturated heterocycles. The van der Waals surface area contributed by atoms with Crippen LogP contribution in [-0.2, 0) is 6.42 Å². The molecule has 8 heteroatoms. The molecule has 2 amide bonds. The Kier molecular flexibility index (Phi) is 5.99. The Morgan fingerprint density at radius 1 is 1.16 bits per heavy atom. The van der Waals surface area contributed by atoms with Gasteiger partial charge in [-0.25, -0.2) is 4.79 Å². The first-order valence-corrected chi connectivity index (χ1v) is 7.90. The zero-order valence-corrected chi connectivity index (χ0v) is 14.0. The molecule has 0 saturated carbocycles. The lowest BCUT2D eigenvalue weighted by Crippen LogP contribution is -2.29. The van der Waals surface area contributed by atoms with Gasteiger partial charge >= 0.3 is 5.97 Å². The second-order valence-electron chi connectivity index (χ2n) is 5.40. The van der Waals surface area contributed by atoms with Gasteiger partial charge in [0.15, 0.2) is 11.5 Å². The third-order valence-corrected chi connectivity index (χ3v) is 3.58. The van der Waals surface area contributed by atoms with Crippen molar-refractivity contribution in [3.05, 3.63) is 46.8 Å². The molecule has 0 aromatic carbocycles. The zero-order chi connectivity index (χ0) is 18.4. The molecule has 25 heavy (non-hydrogen) atoms. The molecule has 0 fully saturated rings. The van der Waals surface area contributed by atoms with Crippen LogP contribution in [0.25, 0.3) is 0 Å². The van der Waals surface area contributed by atoms with E-state index in [0.717, 1.165) is 5.56 Å². The van der Waals surface area contributed by atoms with E-state index in [1.807, 2.05) is 0 Å². The van der Waals surface area contributed by atoms with Crippen LogP contribution in [0.1, 0.15) is 56.1 Å². The van der Waals surface area contributed by atoms with Crippen molar-refractivity contribution < 1.29 is 28.3 Å². The summed E-state index contributed by atoms with van der Waals surface area (Å²) in [6, 6.07) is 2.92. The average molecular weight is 348 g/mol. The highest BCUT2D eigenvalue weighted by Crippen LogP contribution is 2.16. The molecule has 2 aromatic heterocycles. The molecule has 0 spiro atoms. The van der Waals surface area contributed by atoms with E-state index >= 15 is 0 Å². The van der Waals surface area contributed by atoms with Crippen LogP contribution in [0.4, 0.5) is 0 Å². The second-order valence-corrected chi connectivity index (χ2v) is 5.40. The highest BCUT2D eigenvalue weighted by Gasteiger charge is 2.19. The van der Waals surface area contributed by atoms with Crippen LogP contribution < -0.4 is 10.6 Å². The number of hydrogen-bond acceptors (Lipinski definition) is 5. The Bertz CT molecular complexity index is 774. The molecule has 2 heterocycles. The predicted octanol–water partition coefficient (Wildman–Crippen LogP) is 1.99. The topological polar surface area (TPSA) is 122 Å². The van der Waals surface area contributed by atoms with Crippen molar-refractivity contribution in [2.45, 2.75) is 26.7 Å². The number of aromatic carboxylic acids is 1. The van der Waals surface area contributed by atoms with Crippen LogP contribution in [0.3, 0.4) is 0 Å². The fourth-order valence-electron chi connectivity index (χ4n) is 2.25. The monoisotopic (exact) mass is 348 g/mol. The van der Waals surface area contributed by atoms with E-state index in [1.165, 1.54) is 12.3 Å². The predicted molar refractivity (Wildman–Crippen MR) is 87.8 cm³/mol. The summed E-state index contributed by atoms with van der Waals surface area (Å²) in [6.07, 6.45) is 2.33. The second kappa shape index (κ2) is 8.18. The largest absolute Gasteiger partial charge is 0.478 e. The van der Waals surface area contributed by atoms with E-state index in [4.69, 9.17) is 13.9 Å². The molecule has 0 bridgehead atoms. The third-order valence-electron chi connectivity index (χ3n) is 3.58. The van der Waals surface area contributed by atoms with Crippen LogP contribution in [0, 0.1) is 6.92 Å². The molecule has 8 nitrogen and oxygen atoms in total. The van der Waals surface area contributed by atoms with Crippen LogP contribution in [0.15, 0.2) is 27.2 Å². The molecule has 0 aliphatic heterocycles. The van der Waals surface area contributed by atoms with E-state index in [0.29, 0.717) is 25.9 Å². The summed E-state index contributed by atoms with van der Waals surface area (Å²) in [7, 11) is 0. The number of nitrogens with one attached hydrogen (secondary N) is 2. The smallest absolute Gasteiger partial charge is 0.339 e. The molecule has 0 aliphatic carbocycles. The number of rotatable bonds is 8. The minimum Gasteiger partial charge on any atom is -0.478 e. The summed E-state index contributed by atoms with van der Waals surface area (Å²) in [4.78, 5) is 34.9. The average Bonchev–Trinajstić information content (AvgIpc) is 3.20. The minimum absolute atomic E-state index is 0.00580. The maximum atomic E-state index is 12.0. The van der Waals surface area contributed by atoms with E-state index in [1.54, 1.807) is 19.9 Å². The fraction of sp³-hybridized carbons (Fsp3) is 0.353. The van der Waals surface area contributed by atoms with Crippen molar-refractivity contribution in [3.8, 4) is 0 Å². The van der Waals surface area contributed by atoms with Crippen molar-refractivity contribution in [2.24, 2.45) is 0 Å². The van der Waals surface area contributed by atoms with Gasteiger partial charge in [0.25, 0.3) is 11.8 Å². The SMILES string of the molecule is CCc1oc(C(=O)NCCCNC(=O)c2occc2C)cc1C(=O)O. The van der Waals surface area contributed by atoms with Gasteiger partial charge in [0, 0.05) is 31.1 Å². The van der Waals surface area contributed by atoms with Gasteiger partial charge in [-0.2, -0.15) is 0 Å². The van der Waals surface area contributed by atoms with Gasteiger partial charge in [-0.3, -0.25) is 9.59 Å². The number of carboxylic acid groups (broad SMARTS) is 1. The standard InChI is InChI=1S/C17H20N2O6/c1-3-12-11(17(22)23)9-13(25-12)15(20)18-6-4-7-19-16(21)14-10(2)5-8-24-14/h5,8-9H,3-4,6-7H2,1-2H3,(H,18,20)(H,19,21)(H,22,23). The van der Waals surface area contributed by atoms with E-state index < -0.39 is 11.9 Å². The van der Waals surface area contributed by atoms with Crippen molar-refractivity contribution in [3.63, 3.8) is 0 Å². The van der Waals surface area contributed by atoms with Crippen molar-refractivity contribution in [1.29, 1.82) is 0 Å². The lowest BCUT2D eigenvalue weighted by Gasteiger charge is -2.05. The summed E-state index contributed by atoms with van der Waals surface area (Å²) in [5.74, 6) is -1.43. The summed E-state index contributed by atoms with van der Waals surface area (Å²) >= 11 is 0. The highest BCUT2D eigenvalue weighted by atomic mass is 16.4. The Labute approximate surface area is 144 Å². The number of furan rings is 2. The number of carbonyl (C=O) groups excluding carboxylic acids is 2. The van der Waals surface area contributed by atoms with E-state index in [9.17, 15) is 14.4 Å². The molecular weight excluding hydrogens is 328 g/mol. The highest BCUT2D eigenvalue weighted by molar-refractivity contribution is 5.96. The molecule has 2 rings (SSSR count). The summed E-state index contributed by atoms with van der Waals surface area (Å²) in [5.41, 5.74) is 0.748. The summed E-state index contributed by atoms with van der Waals surface area (Å²) in [6.45, 7) is 4.19. The molecule has 2 aromatic rings. The number of carboxylic acids is 1. The van der Waals surface area contributed by atoms with Gasteiger partial charge in [-0.1, -0.05) is 6.92 Å². The van der Waals surface area contributed by atoms with Gasteiger partial charge < -0.3 is 24.6 Å². The molecular formula is C17H20N2O6. The van der Waals surface area contributed by atoms with Crippen molar-refractivity contribution in [2.75, 3.05) is 13.1 Å². The van der Waals surface area contributed by atoms with Gasteiger partial charge in [0.1, 0.15) is 11.3 Å². The first-order chi connectivity index (χ1) is 11.9. The Morgan fingerprint density at radius 3 is 2.36 bits per heavy atom. The molecule has 0 radical (unpaired) electrons. The first-order valence-electron chi connectivity index (χ1n) is 7.90. The molecule has 134 valence electrons. The Hall–Kier alpha value is -3.03. The fourth-order valence-corrected chi connectivity index (χ4v) is 2.25. The number of aryl methyl sites for hydroxylation is 2. The quantitative estimate of drug-likeness (QED) is 0.627. The maximum Gasteiger partial charge on any atom is 0.339 e. The van der Waals surface area contributed by atoms with Crippen LogP contribution in [-0.4, -0.2) is 36.0 Å². The van der Waals surface area contributed by atoms with Crippen LogP contribution in [0.2, 0.25) is 0 Å². The first kappa shape index (κ1) is 18.3. The molecule has 3 N–H and O–H groups in total.